The number of amides is 1. The van der Waals surface area contributed by atoms with Crippen molar-refractivity contribution in [1.29, 1.82) is 0 Å². The molecule has 1 aliphatic carbocycles. The summed E-state index contributed by atoms with van der Waals surface area (Å²) in [5, 5.41) is 8.92. The number of carbonyl (C=O) groups excluding carboxylic acids is 1. The van der Waals surface area contributed by atoms with Crippen LogP contribution in [0.2, 0.25) is 0 Å². The van der Waals surface area contributed by atoms with Crippen molar-refractivity contribution in [3.63, 3.8) is 0 Å². The molecule has 0 bridgehead atoms. The molecule has 0 aromatic carbocycles. The topological polar surface area (TPSA) is 49.8 Å². The molecule has 17 heavy (non-hydrogen) atoms. The Balaban J connectivity index is 2.70. The van der Waals surface area contributed by atoms with Crippen LogP contribution in [-0.4, -0.2) is 47.8 Å². The minimum absolute atomic E-state index is 0.0700. The molecule has 1 N–H and O–H groups in total. The highest BCUT2D eigenvalue weighted by atomic mass is 16.5. The van der Waals surface area contributed by atoms with Gasteiger partial charge in [-0.15, -0.1) is 0 Å². The molecule has 0 spiro atoms. The Kier molecular flexibility index (Phi) is 5.40. The van der Waals surface area contributed by atoms with Gasteiger partial charge in [0.2, 0.25) is 0 Å². The van der Waals surface area contributed by atoms with E-state index in [1.165, 1.54) is 6.42 Å². The van der Waals surface area contributed by atoms with Gasteiger partial charge in [-0.1, -0.05) is 6.92 Å². The normalized spacial score (nSPS) is 19.5. The fourth-order valence-corrected chi connectivity index (χ4v) is 2.08. The third-order valence-corrected chi connectivity index (χ3v) is 3.91. The van der Waals surface area contributed by atoms with Gasteiger partial charge in [-0.05, 0) is 39.0 Å². The summed E-state index contributed by atoms with van der Waals surface area (Å²) in [6.07, 6.45) is 4.68. The highest BCUT2D eigenvalue weighted by Gasteiger charge is 2.39. The molecule has 1 saturated carbocycles. The number of methoxy groups -OCH3 is 1. The van der Waals surface area contributed by atoms with E-state index in [0.29, 0.717) is 25.4 Å². The van der Waals surface area contributed by atoms with Gasteiger partial charge in [0, 0.05) is 26.3 Å². The Labute approximate surface area is 104 Å². The molecule has 1 atom stereocenters. The van der Waals surface area contributed by atoms with Crippen LogP contribution in [-0.2, 0) is 9.53 Å². The van der Waals surface area contributed by atoms with Crippen molar-refractivity contribution in [2.45, 2.75) is 57.6 Å². The first-order valence-electron chi connectivity index (χ1n) is 6.56. The van der Waals surface area contributed by atoms with E-state index >= 15 is 0 Å². The zero-order valence-electron chi connectivity index (χ0n) is 11.2. The number of ether oxygens (including phenoxy) is 1. The molecule has 0 aliphatic heterocycles. The largest absolute Gasteiger partial charge is 0.396 e. The molecule has 1 amide bonds. The molecule has 0 radical (unpaired) electrons. The van der Waals surface area contributed by atoms with Gasteiger partial charge in [-0.2, -0.15) is 0 Å². The highest BCUT2D eigenvalue weighted by molar-refractivity contribution is 5.85. The Bertz CT molecular complexity index is 247. The molecule has 4 nitrogen and oxygen atoms in total. The second-order valence-electron chi connectivity index (χ2n) is 4.95. The van der Waals surface area contributed by atoms with Gasteiger partial charge in [0.15, 0.2) is 0 Å². The van der Waals surface area contributed by atoms with Gasteiger partial charge >= 0.3 is 0 Å². The van der Waals surface area contributed by atoms with Gasteiger partial charge in [0.1, 0.15) is 5.60 Å². The van der Waals surface area contributed by atoms with Crippen molar-refractivity contribution in [3.8, 4) is 0 Å². The van der Waals surface area contributed by atoms with Gasteiger partial charge in [0.05, 0.1) is 0 Å². The van der Waals surface area contributed by atoms with Gasteiger partial charge in [-0.25, -0.2) is 0 Å². The predicted octanol–water partition coefficient (Wildman–Crippen LogP) is 1.56. The summed E-state index contributed by atoms with van der Waals surface area (Å²) >= 11 is 0. The molecule has 1 rings (SSSR count). The Morgan fingerprint density at radius 2 is 2.18 bits per heavy atom. The van der Waals surface area contributed by atoms with Crippen LogP contribution >= 0.6 is 0 Å². The van der Waals surface area contributed by atoms with Gasteiger partial charge < -0.3 is 14.7 Å². The zero-order chi connectivity index (χ0) is 12.9. The molecule has 1 fully saturated rings. The lowest BCUT2D eigenvalue weighted by Gasteiger charge is -2.41. The summed E-state index contributed by atoms with van der Waals surface area (Å²) in [6.45, 7) is 4.58. The van der Waals surface area contributed by atoms with Gasteiger partial charge in [-0.3, -0.25) is 4.79 Å². The van der Waals surface area contributed by atoms with E-state index in [1.807, 2.05) is 18.7 Å². The Morgan fingerprint density at radius 3 is 2.53 bits per heavy atom. The number of nitrogens with zero attached hydrogens (tertiary/aromatic N) is 1. The van der Waals surface area contributed by atoms with E-state index in [4.69, 9.17) is 9.84 Å². The lowest BCUT2D eigenvalue weighted by atomic mass is 9.89. The van der Waals surface area contributed by atoms with Crippen molar-refractivity contribution >= 4 is 5.91 Å². The third kappa shape index (κ3) is 3.19. The first-order valence-corrected chi connectivity index (χ1v) is 6.56. The minimum atomic E-state index is -0.717. The molecule has 0 aromatic heterocycles. The summed E-state index contributed by atoms with van der Waals surface area (Å²) in [6, 6.07) is 0.357. The average Bonchev–Trinajstić information content (AvgIpc) is 2.30. The zero-order valence-corrected chi connectivity index (χ0v) is 11.2. The molecular formula is C13H25NO3. The highest BCUT2D eigenvalue weighted by Crippen LogP contribution is 2.28. The van der Waals surface area contributed by atoms with Crippen LogP contribution in [0, 0.1) is 0 Å². The van der Waals surface area contributed by atoms with Crippen molar-refractivity contribution < 1.29 is 14.6 Å². The fourth-order valence-electron chi connectivity index (χ4n) is 2.08. The maximum Gasteiger partial charge on any atom is 0.254 e. The van der Waals surface area contributed by atoms with Crippen LogP contribution < -0.4 is 0 Å². The molecule has 1 aliphatic rings. The Hall–Kier alpha value is -0.610. The van der Waals surface area contributed by atoms with E-state index in [9.17, 15) is 4.79 Å². The van der Waals surface area contributed by atoms with E-state index in [-0.39, 0.29) is 12.5 Å². The lowest BCUT2D eigenvalue weighted by molar-refractivity contribution is -0.157. The number of carbonyl (C=O) groups is 1. The van der Waals surface area contributed by atoms with Crippen LogP contribution in [0.5, 0.6) is 0 Å². The number of aliphatic hydroxyl groups excluding tert-OH is 1. The minimum Gasteiger partial charge on any atom is -0.396 e. The van der Waals surface area contributed by atoms with Crippen LogP contribution in [0.3, 0.4) is 0 Å². The van der Waals surface area contributed by atoms with Crippen molar-refractivity contribution in [2.24, 2.45) is 0 Å². The van der Waals surface area contributed by atoms with Crippen molar-refractivity contribution in [3.05, 3.63) is 0 Å². The summed E-state index contributed by atoms with van der Waals surface area (Å²) < 4.78 is 5.37. The first kappa shape index (κ1) is 14.5. The van der Waals surface area contributed by atoms with Crippen molar-refractivity contribution in [1.82, 2.24) is 4.90 Å². The monoisotopic (exact) mass is 243 g/mol. The predicted molar refractivity (Wildman–Crippen MR) is 66.8 cm³/mol. The first-order chi connectivity index (χ1) is 8.09. The average molecular weight is 243 g/mol. The summed E-state index contributed by atoms with van der Waals surface area (Å²) in [5.41, 5.74) is -0.717. The molecule has 0 aromatic rings. The van der Waals surface area contributed by atoms with Crippen LogP contribution in [0.1, 0.15) is 46.0 Å². The maximum atomic E-state index is 12.5. The fraction of sp³-hybridized carbons (Fsp3) is 0.923. The second kappa shape index (κ2) is 6.36. The van der Waals surface area contributed by atoms with Gasteiger partial charge in [0.25, 0.3) is 5.91 Å². The van der Waals surface area contributed by atoms with E-state index in [0.717, 1.165) is 12.8 Å². The van der Waals surface area contributed by atoms with Crippen LogP contribution in [0.25, 0.3) is 0 Å². The van der Waals surface area contributed by atoms with Crippen LogP contribution in [0.15, 0.2) is 0 Å². The molecule has 100 valence electrons. The van der Waals surface area contributed by atoms with E-state index < -0.39 is 5.60 Å². The maximum absolute atomic E-state index is 12.5. The molecule has 0 heterocycles. The van der Waals surface area contributed by atoms with E-state index in [2.05, 4.69) is 0 Å². The summed E-state index contributed by atoms with van der Waals surface area (Å²) in [7, 11) is 1.59. The molecule has 0 saturated heterocycles. The molecule has 1 unspecified atom stereocenters. The summed E-state index contributed by atoms with van der Waals surface area (Å²) in [4.78, 5) is 14.4. The SMILES string of the molecule is CCC(C)(OC)C(=O)N(CCCO)C1CCC1. The summed E-state index contributed by atoms with van der Waals surface area (Å²) in [5.74, 6) is 0.0700. The number of aliphatic hydroxyl groups is 1. The number of hydrogen-bond donors (Lipinski definition) is 1. The molecular weight excluding hydrogens is 218 g/mol. The number of hydrogen-bond acceptors (Lipinski definition) is 3. The van der Waals surface area contributed by atoms with Crippen LogP contribution in [0.4, 0.5) is 0 Å². The quantitative estimate of drug-likeness (QED) is 0.738. The van der Waals surface area contributed by atoms with E-state index in [1.54, 1.807) is 7.11 Å². The lowest BCUT2D eigenvalue weighted by Crippen LogP contribution is -2.54. The molecule has 4 heteroatoms. The standard InChI is InChI=1S/C13H25NO3/c1-4-13(2,17-3)12(16)14(9-6-10-15)11-7-5-8-11/h11,15H,4-10H2,1-3H3. The second-order valence-corrected chi connectivity index (χ2v) is 4.95. The Morgan fingerprint density at radius 1 is 1.53 bits per heavy atom. The van der Waals surface area contributed by atoms with Crippen molar-refractivity contribution in [2.75, 3.05) is 20.3 Å². The number of rotatable bonds is 7. The third-order valence-electron chi connectivity index (χ3n) is 3.91. The smallest absolute Gasteiger partial charge is 0.254 e.